The topological polar surface area (TPSA) is 27.1 Å². The fourth-order valence-corrected chi connectivity index (χ4v) is 3.05. The average molecular weight is 364 g/mol. The van der Waals surface area contributed by atoms with Gasteiger partial charge in [0.05, 0.1) is 18.1 Å². The van der Waals surface area contributed by atoms with Crippen LogP contribution in [0.15, 0.2) is 42.5 Å². The van der Waals surface area contributed by atoms with Crippen LogP contribution in [0.5, 0.6) is 5.75 Å². The van der Waals surface area contributed by atoms with Gasteiger partial charge in [0.15, 0.2) is 0 Å². The van der Waals surface area contributed by atoms with E-state index in [-0.39, 0.29) is 0 Å². The van der Waals surface area contributed by atoms with E-state index in [2.05, 4.69) is 11.7 Å². The molecule has 3 nitrogen and oxygen atoms in total. The molecule has 140 valence electrons. The van der Waals surface area contributed by atoms with E-state index in [0.717, 1.165) is 28.1 Å². The van der Waals surface area contributed by atoms with Crippen molar-refractivity contribution >= 4 is 12.7 Å². The number of aryl methyl sites for hydroxylation is 2. The fraction of sp³-hybridized carbons (Fsp3) is 0.261. The number of aromatic nitrogens is 2. The first kappa shape index (κ1) is 18.9. The van der Waals surface area contributed by atoms with Gasteiger partial charge in [0, 0.05) is 5.22 Å². The summed E-state index contributed by atoms with van der Waals surface area (Å²) in [5, 5.41) is 5.89. The number of alkyl halides is 1. The zero-order valence-electron chi connectivity index (χ0n) is 16.5. The molecule has 2 aromatic carbocycles. The second-order valence-corrected chi connectivity index (χ2v) is 7.30. The molecule has 0 aliphatic carbocycles. The Morgan fingerprint density at radius 3 is 2.37 bits per heavy atom. The molecular weight excluding hydrogens is 339 g/mol. The van der Waals surface area contributed by atoms with E-state index in [4.69, 9.17) is 4.74 Å². The smallest absolute Gasteiger partial charge is 0.149 e. The fourth-order valence-electron chi connectivity index (χ4n) is 3.05. The minimum Gasteiger partial charge on any atom is -0.496 e. The van der Waals surface area contributed by atoms with Gasteiger partial charge in [-0.1, -0.05) is 36.4 Å². The first-order valence-corrected chi connectivity index (χ1v) is 8.91. The van der Waals surface area contributed by atoms with Crippen molar-refractivity contribution in [1.82, 2.24) is 9.78 Å². The molecule has 0 aliphatic heterocycles. The summed E-state index contributed by atoms with van der Waals surface area (Å²) in [6.07, 6.45) is 1.92. The largest absolute Gasteiger partial charge is 0.496 e. The van der Waals surface area contributed by atoms with E-state index in [1.54, 1.807) is 11.8 Å². The summed E-state index contributed by atoms with van der Waals surface area (Å²) in [5.41, 5.74) is 2.75. The quantitative estimate of drug-likeness (QED) is 0.701. The van der Waals surface area contributed by atoms with E-state index < -0.39 is 5.67 Å². The molecule has 1 aromatic heterocycles. The predicted octanol–water partition coefficient (Wildman–Crippen LogP) is 3.94. The molecule has 0 saturated carbocycles. The third-order valence-electron chi connectivity index (χ3n) is 4.61. The molecule has 27 heavy (non-hydrogen) atoms. The molecule has 0 fully saturated rings. The summed E-state index contributed by atoms with van der Waals surface area (Å²) in [6.45, 7) is 11.2. The van der Waals surface area contributed by atoms with E-state index in [1.165, 1.54) is 13.8 Å². The molecule has 4 heteroatoms. The Balaban J connectivity index is 2.25. The monoisotopic (exact) mass is 364 g/mol. The van der Waals surface area contributed by atoms with Crippen LogP contribution in [0, 0.1) is 13.8 Å². The van der Waals surface area contributed by atoms with Crippen LogP contribution in [0.3, 0.4) is 0 Å². The normalized spacial score (nSPS) is 12.4. The van der Waals surface area contributed by atoms with Crippen LogP contribution in [-0.2, 0) is 5.67 Å². The third kappa shape index (κ3) is 3.80. The molecule has 0 unspecified atom stereocenters. The van der Waals surface area contributed by atoms with Crippen LogP contribution in [-0.4, -0.2) is 16.9 Å². The van der Waals surface area contributed by atoms with Gasteiger partial charge in [-0.15, -0.1) is 0 Å². The van der Waals surface area contributed by atoms with Crippen LogP contribution >= 0.6 is 0 Å². The van der Waals surface area contributed by atoms with Gasteiger partial charge in [-0.3, -0.25) is 0 Å². The van der Waals surface area contributed by atoms with Crippen molar-refractivity contribution in [3.63, 3.8) is 0 Å². The van der Waals surface area contributed by atoms with Crippen molar-refractivity contribution in [2.75, 3.05) is 7.11 Å². The number of benzene rings is 2. The highest BCUT2D eigenvalue weighted by Crippen LogP contribution is 2.21. The highest BCUT2D eigenvalue weighted by atomic mass is 19.1. The Morgan fingerprint density at radius 1 is 1.11 bits per heavy atom. The number of hydrogen-bond acceptors (Lipinski definition) is 2. The van der Waals surface area contributed by atoms with Crippen LogP contribution in [0.2, 0.25) is 0 Å². The minimum atomic E-state index is -1.59. The molecule has 3 rings (SSSR count). The highest BCUT2D eigenvalue weighted by Gasteiger charge is 2.25. The number of ether oxygens (including phenoxy) is 1. The Morgan fingerprint density at radius 2 is 1.78 bits per heavy atom. The van der Waals surface area contributed by atoms with Crippen molar-refractivity contribution in [2.24, 2.45) is 0 Å². The molecule has 0 N–H and O–H groups in total. The zero-order valence-corrected chi connectivity index (χ0v) is 16.5. The Kier molecular flexibility index (Phi) is 4.92. The van der Waals surface area contributed by atoms with E-state index in [0.29, 0.717) is 16.3 Å². The van der Waals surface area contributed by atoms with Crippen LogP contribution < -0.4 is 15.3 Å². The first-order valence-electron chi connectivity index (χ1n) is 8.91. The second kappa shape index (κ2) is 7.03. The molecule has 3 aromatic rings. The Hall–Kier alpha value is -2.88. The lowest BCUT2D eigenvalue weighted by atomic mass is 10.0. The number of halogens is 1. The van der Waals surface area contributed by atoms with E-state index >= 15 is 0 Å². The maximum absolute atomic E-state index is 14.9. The van der Waals surface area contributed by atoms with Gasteiger partial charge in [-0.05, 0) is 63.1 Å². The summed E-state index contributed by atoms with van der Waals surface area (Å²) in [7, 11) is 1.64. The lowest BCUT2D eigenvalue weighted by Gasteiger charge is -2.11. The van der Waals surface area contributed by atoms with E-state index in [9.17, 15) is 4.39 Å². The highest BCUT2D eigenvalue weighted by molar-refractivity contribution is 5.55. The molecule has 0 saturated heterocycles. The van der Waals surface area contributed by atoms with Crippen LogP contribution in [0.4, 0.5) is 4.39 Å². The van der Waals surface area contributed by atoms with Crippen molar-refractivity contribution < 1.29 is 9.13 Å². The molecule has 0 spiro atoms. The zero-order chi connectivity index (χ0) is 19.8. The number of methoxy groups -OCH3 is 1. The van der Waals surface area contributed by atoms with Gasteiger partial charge < -0.3 is 4.74 Å². The summed E-state index contributed by atoms with van der Waals surface area (Å²) in [5.74, 6) is 0.793. The van der Waals surface area contributed by atoms with Gasteiger partial charge in [-0.2, -0.15) is 5.10 Å². The van der Waals surface area contributed by atoms with Crippen LogP contribution in [0.1, 0.15) is 36.2 Å². The average Bonchev–Trinajstić information content (AvgIpc) is 2.94. The maximum atomic E-state index is 14.9. The molecule has 0 radical (unpaired) electrons. The van der Waals surface area contributed by atoms with Crippen molar-refractivity contribution in [3.8, 4) is 11.4 Å². The first-order chi connectivity index (χ1) is 12.7. The van der Waals surface area contributed by atoms with Gasteiger partial charge in [0.2, 0.25) is 0 Å². The van der Waals surface area contributed by atoms with Crippen molar-refractivity contribution in [3.05, 3.63) is 75.4 Å². The minimum absolute atomic E-state index is 0.368. The predicted molar refractivity (Wildman–Crippen MR) is 109 cm³/mol. The summed E-state index contributed by atoms with van der Waals surface area (Å²) in [6, 6.07) is 13.8. The Bertz CT molecular complexity index is 1070. The summed E-state index contributed by atoms with van der Waals surface area (Å²) < 4.78 is 22.0. The SMILES string of the molecule is C=c1/c(=C\c2ccc(C)c(OC)c2)c(C(C)(C)F)nn1-c1ccc(C)cc1. The molecule has 0 amide bonds. The van der Waals surface area contributed by atoms with Crippen LogP contribution in [0.25, 0.3) is 18.3 Å². The molecular formula is C23H25FN2O. The van der Waals surface area contributed by atoms with Gasteiger partial charge in [0.1, 0.15) is 17.1 Å². The molecule has 0 atom stereocenters. The lowest BCUT2D eigenvalue weighted by Crippen LogP contribution is -2.31. The molecule has 1 heterocycles. The van der Waals surface area contributed by atoms with Crippen molar-refractivity contribution in [1.29, 1.82) is 0 Å². The number of nitrogens with zero attached hydrogens (tertiary/aromatic N) is 2. The number of rotatable bonds is 4. The summed E-state index contributed by atoms with van der Waals surface area (Å²) in [4.78, 5) is 0. The molecule has 0 bridgehead atoms. The maximum Gasteiger partial charge on any atom is 0.149 e. The van der Waals surface area contributed by atoms with Gasteiger partial charge in [-0.25, -0.2) is 9.07 Å². The third-order valence-corrected chi connectivity index (χ3v) is 4.61. The second-order valence-electron chi connectivity index (χ2n) is 7.30. The van der Waals surface area contributed by atoms with Gasteiger partial charge >= 0.3 is 0 Å². The summed E-state index contributed by atoms with van der Waals surface area (Å²) >= 11 is 0. The van der Waals surface area contributed by atoms with Gasteiger partial charge in [0.25, 0.3) is 0 Å². The van der Waals surface area contributed by atoms with E-state index in [1.807, 2.05) is 62.4 Å². The molecule has 0 aliphatic rings. The number of hydrogen-bond donors (Lipinski definition) is 0. The lowest BCUT2D eigenvalue weighted by molar-refractivity contribution is 0.212. The Labute approximate surface area is 159 Å². The standard InChI is InChI=1S/C23H25FN2O/c1-15-7-11-19(12-8-15)26-17(3)20(22(25-26)23(4,5)24)13-18-10-9-16(2)21(14-18)27-6/h7-14H,3H2,1-2,4-6H3/b20-13+. The van der Waals surface area contributed by atoms with Crippen molar-refractivity contribution in [2.45, 2.75) is 33.4 Å².